The van der Waals surface area contributed by atoms with Gasteiger partial charge >= 0.3 is 0 Å². The van der Waals surface area contributed by atoms with E-state index in [2.05, 4.69) is 10.3 Å². The van der Waals surface area contributed by atoms with Crippen molar-refractivity contribution in [3.8, 4) is 5.75 Å². The van der Waals surface area contributed by atoms with Crippen LogP contribution >= 0.6 is 11.8 Å². The Hall–Kier alpha value is -1.42. The Labute approximate surface area is 154 Å². The van der Waals surface area contributed by atoms with Gasteiger partial charge < -0.3 is 25.0 Å². The molecule has 0 bridgehead atoms. The molecule has 6 nitrogen and oxygen atoms in total. The van der Waals surface area contributed by atoms with E-state index in [1.165, 1.54) is 7.11 Å². The van der Waals surface area contributed by atoms with Crippen LogP contribution in [0.15, 0.2) is 29.3 Å². The number of benzene rings is 1. The summed E-state index contributed by atoms with van der Waals surface area (Å²) < 4.78 is 39.9. The number of methoxy groups -OCH3 is 1. The molecule has 0 radical (unpaired) electrons. The van der Waals surface area contributed by atoms with Gasteiger partial charge in [0.1, 0.15) is 23.4 Å². The molecule has 1 aromatic rings. The molecule has 0 aromatic heterocycles. The van der Waals surface area contributed by atoms with Crippen LogP contribution in [-0.2, 0) is 11.2 Å². The van der Waals surface area contributed by atoms with Crippen molar-refractivity contribution in [2.45, 2.75) is 48.6 Å². The lowest BCUT2D eigenvalue weighted by atomic mass is 9.91. The van der Waals surface area contributed by atoms with E-state index >= 15 is 0 Å². The molecule has 0 aliphatic carbocycles. The molecule has 2 saturated heterocycles. The Morgan fingerprint density at radius 2 is 1.96 bits per heavy atom. The van der Waals surface area contributed by atoms with Crippen molar-refractivity contribution >= 4 is 16.9 Å². The van der Waals surface area contributed by atoms with Crippen molar-refractivity contribution in [1.82, 2.24) is 5.32 Å². The van der Waals surface area contributed by atoms with Gasteiger partial charge in [-0.25, -0.2) is 8.78 Å². The minimum absolute atomic E-state index is 0.112. The molecule has 2 aliphatic rings. The molecule has 3 rings (SSSR count). The molecular weight excluding hydrogens is 366 g/mol. The number of aryl methyl sites for hydroxylation is 1. The number of nitrogens with zero attached hydrogens (tertiary/aromatic N) is 1. The Kier molecular flexibility index (Phi) is 5.71. The third-order valence-electron chi connectivity index (χ3n) is 4.65. The van der Waals surface area contributed by atoms with Crippen LogP contribution in [0.2, 0.25) is 0 Å². The van der Waals surface area contributed by atoms with Gasteiger partial charge in [-0.3, -0.25) is 4.99 Å². The topological polar surface area (TPSA) is 83.3 Å². The van der Waals surface area contributed by atoms with Gasteiger partial charge in [-0.05, 0) is 24.1 Å². The largest absolute Gasteiger partial charge is 0.497 e. The van der Waals surface area contributed by atoms with Crippen LogP contribution < -0.4 is 10.1 Å². The molecule has 3 N–H and O–H groups in total. The normalized spacial score (nSPS) is 33.0. The van der Waals surface area contributed by atoms with Gasteiger partial charge in [0, 0.05) is 13.5 Å². The Bertz CT molecular complexity index is 659. The first-order valence-corrected chi connectivity index (χ1v) is 9.16. The molecule has 5 atom stereocenters. The van der Waals surface area contributed by atoms with E-state index < -0.39 is 42.1 Å². The lowest BCUT2D eigenvalue weighted by molar-refractivity contribution is -0.236. The highest BCUT2D eigenvalue weighted by atomic mass is 32.2. The second-order valence-electron chi connectivity index (χ2n) is 6.33. The molecule has 0 amide bonds. The number of aliphatic hydroxyl groups is 2. The fraction of sp³-hybridized carbons (Fsp3) is 0.588. The highest BCUT2D eigenvalue weighted by Crippen LogP contribution is 2.40. The zero-order chi connectivity index (χ0) is 18.9. The summed E-state index contributed by atoms with van der Waals surface area (Å²) in [4.78, 5) is 3.95. The van der Waals surface area contributed by atoms with E-state index in [4.69, 9.17) is 9.47 Å². The van der Waals surface area contributed by atoms with Gasteiger partial charge in [-0.15, -0.1) is 0 Å². The van der Waals surface area contributed by atoms with Crippen LogP contribution in [0.5, 0.6) is 5.75 Å². The summed E-state index contributed by atoms with van der Waals surface area (Å²) in [6.07, 6.45) is -5.22. The Balaban J connectivity index is 1.67. The maximum absolute atomic E-state index is 14.7. The van der Waals surface area contributed by atoms with E-state index in [0.29, 0.717) is 10.9 Å². The highest BCUT2D eigenvalue weighted by molar-refractivity contribution is 8.14. The fourth-order valence-corrected chi connectivity index (χ4v) is 4.20. The molecule has 2 heterocycles. The minimum Gasteiger partial charge on any atom is -0.497 e. The van der Waals surface area contributed by atoms with Crippen molar-refractivity contribution in [3.63, 3.8) is 0 Å². The number of amidine groups is 1. The van der Waals surface area contributed by atoms with Crippen LogP contribution in [0.3, 0.4) is 0 Å². The number of aliphatic imine (C=N–C) groups is 1. The maximum atomic E-state index is 14.7. The third kappa shape index (κ3) is 3.80. The van der Waals surface area contributed by atoms with Crippen LogP contribution in [0.4, 0.5) is 8.78 Å². The summed E-state index contributed by atoms with van der Waals surface area (Å²) >= 11 is 1.14. The number of nitrogens with one attached hydrogen (secondary N) is 1. The monoisotopic (exact) mass is 388 g/mol. The number of hydrogen-bond acceptors (Lipinski definition) is 6. The van der Waals surface area contributed by atoms with Crippen LogP contribution in [0.25, 0.3) is 0 Å². The Morgan fingerprint density at radius 3 is 2.58 bits per heavy atom. The Morgan fingerprint density at radius 1 is 1.27 bits per heavy atom. The molecule has 9 heteroatoms. The summed E-state index contributed by atoms with van der Waals surface area (Å²) in [5.74, 6) is -2.64. The first kappa shape index (κ1) is 19.3. The number of rotatable bonds is 5. The summed E-state index contributed by atoms with van der Waals surface area (Å²) in [6.45, 7) is 0. The SMILES string of the molecule is CN=C1N[C@@H]2[C@@H](O)[C@H](O)C(C(F)(F)CCc3ccc(OC)cc3)O[C@@H]2S1. The standard InChI is InChI=1S/C17H22F2N2O4S/c1-20-16-21-11-12(22)13(23)14(25-15(11)26-16)17(18,19)8-7-9-3-5-10(24-2)6-4-9/h3-6,11-15,22-23H,7-8H2,1-2H3,(H,20,21)/t11-,12-,13+,14?,15-/m1/s1. The van der Waals surface area contributed by atoms with Gasteiger partial charge in [-0.1, -0.05) is 23.9 Å². The van der Waals surface area contributed by atoms with Crippen molar-refractivity contribution in [1.29, 1.82) is 0 Å². The van der Waals surface area contributed by atoms with Gasteiger partial charge in [0.15, 0.2) is 11.3 Å². The summed E-state index contributed by atoms with van der Waals surface area (Å²) in [6, 6.07) is 6.19. The number of halogens is 2. The smallest absolute Gasteiger partial charge is 0.276 e. The van der Waals surface area contributed by atoms with Gasteiger partial charge in [0.2, 0.25) is 0 Å². The molecule has 2 fully saturated rings. The number of hydrogen-bond donors (Lipinski definition) is 3. The summed E-state index contributed by atoms with van der Waals surface area (Å²) in [5.41, 5.74) is 0.00970. The van der Waals surface area contributed by atoms with Crippen molar-refractivity contribution in [2.24, 2.45) is 4.99 Å². The lowest BCUT2D eigenvalue weighted by Gasteiger charge is -2.41. The van der Waals surface area contributed by atoms with Gasteiger partial charge in [0.25, 0.3) is 5.92 Å². The number of thioether (sulfide) groups is 1. The average molecular weight is 388 g/mol. The predicted molar refractivity (Wildman–Crippen MR) is 94.8 cm³/mol. The molecular formula is C17H22F2N2O4S. The maximum Gasteiger partial charge on any atom is 0.276 e. The van der Waals surface area contributed by atoms with Gasteiger partial charge in [0.05, 0.1) is 13.2 Å². The minimum atomic E-state index is -3.29. The van der Waals surface area contributed by atoms with E-state index in [1.807, 2.05) is 0 Å². The molecule has 26 heavy (non-hydrogen) atoms. The average Bonchev–Trinajstić information content (AvgIpc) is 3.07. The second kappa shape index (κ2) is 7.67. The molecule has 1 unspecified atom stereocenters. The van der Waals surface area contributed by atoms with Crippen molar-refractivity contribution < 1.29 is 28.5 Å². The first-order valence-electron chi connectivity index (χ1n) is 8.28. The summed E-state index contributed by atoms with van der Waals surface area (Å²) in [5, 5.41) is 23.8. The second-order valence-corrected chi connectivity index (χ2v) is 7.42. The first-order chi connectivity index (χ1) is 12.4. The van der Waals surface area contributed by atoms with Crippen LogP contribution in [0.1, 0.15) is 12.0 Å². The summed E-state index contributed by atoms with van der Waals surface area (Å²) in [7, 11) is 3.09. The molecule has 0 saturated carbocycles. The fourth-order valence-electron chi connectivity index (χ4n) is 3.12. The predicted octanol–water partition coefficient (Wildman–Crippen LogP) is 1.40. The highest BCUT2D eigenvalue weighted by Gasteiger charge is 2.56. The van der Waals surface area contributed by atoms with E-state index in [9.17, 15) is 19.0 Å². The quantitative estimate of drug-likeness (QED) is 0.707. The van der Waals surface area contributed by atoms with Crippen LogP contribution in [-0.4, -0.2) is 65.3 Å². The molecule has 1 aromatic carbocycles. The molecule has 144 valence electrons. The molecule has 0 spiro atoms. The number of ether oxygens (including phenoxy) is 2. The van der Waals surface area contributed by atoms with Crippen LogP contribution in [0, 0.1) is 0 Å². The third-order valence-corrected chi connectivity index (χ3v) is 5.81. The van der Waals surface area contributed by atoms with E-state index in [1.54, 1.807) is 31.3 Å². The van der Waals surface area contributed by atoms with Crippen molar-refractivity contribution in [2.75, 3.05) is 14.2 Å². The lowest BCUT2D eigenvalue weighted by Crippen LogP contribution is -2.63. The number of aliphatic hydroxyl groups excluding tert-OH is 2. The molecule has 2 aliphatic heterocycles. The number of alkyl halides is 2. The van der Waals surface area contributed by atoms with Crippen molar-refractivity contribution in [3.05, 3.63) is 29.8 Å². The van der Waals surface area contributed by atoms with Gasteiger partial charge in [-0.2, -0.15) is 0 Å². The zero-order valence-corrected chi connectivity index (χ0v) is 15.2. The van der Waals surface area contributed by atoms with E-state index in [0.717, 1.165) is 17.3 Å². The number of fused-ring (bicyclic) bond motifs is 1. The van der Waals surface area contributed by atoms with E-state index in [-0.39, 0.29) is 6.42 Å². The zero-order valence-electron chi connectivity index (χ0n) is 14.4.